The molecule has 0 aliphatic heterocycles. The minimum Gasteiger partial charge on any atom is -0.539 e. The van der Waals surface area contributed by atoms with E-state index in [9.17, 15) is 9.18 Å². The molecule has 0 unspecified atom stereocenters. The van der Waals surface area contributed by atoms with Gasteiger partial charge in [-0.2, -0.15) is 9.37 Å². The van der Waals surface area contributed by atoms with Crippen LogP contribution >= 0.6 is 0 Å². The molecule has 0 spiro atoms. The molecule has 54 valence electrons. The minimum atomic E-state index is -0.993. The third-order valence-corrected chi connectivity index (χ3v) is 0.942. The van der Waals surface area contributed by atoms with Gasteiger partial charge in [-0.1, -0.05) is 0 Å². The Hall–Kier alpha value is -1.46. The standard InChI is InChI=1S/C5H2BFN2O2/c6-11-4(10)3-1-2-8-5(7)9-3/h1-2H. The molecule has 0 saturated carbocycles. The molecule has 1 heterocycles. The number of aromatic nitrogens is 2. The van der Waals surface area contributed by atoms with Gasteiger partial charge >= 0.3 is 20.1 Å². The van der Waals surface area contributed by atoms with Crippen molar-refractivity contribution in [2.24, 2.45) is 0 Å². The van der Waals surface area contributed by atoms with Crippen LogP contribution < -0.4 is 0 Å². The topological polar surface area (TPSA) is 52.1 Å². The van der Waals surface area contributed by atoms with Gasteiger partial charge in [-0.15, -0.1) is 0 Å². The van der Waals surface area contributed by atoms with Gasteiger partial charge in [0.1, 0.15) is 0 Å². The van der Waals surface area contributed by atoms with Crippen LogP contribution in [0.15, 0.2) is 12.3 Å². The van der Waals surface area contributed by atoms with Crippen LogP contribution in [-0.4, -0.2) is 24.0 Å². The van der Waals surface area contributed by atoms with Crippen molar-refractivity contribution in [2.75, 3.05) is 0 Å². The maximum atomic E-state index is 12.2. The first kappa shape index (κ1) is 7.65. The number of carbonyl (C=O) groups excluding carboxylic acids is 1. The fourth-order valence-corrected chi connectivity index (χ4v) is 0.509. The minimum absolute atomic E-state index is 0.208. The Balaban J connectivity index is 2.96. The molecular weight excluding hydrogens is 150 g/mol. The molecule has 1 aromatic rings. The Morgan fingerprint density at radius 3 is 3.00 bits per heavy atom. The number of hydrogen-bond donors (Lipinski definition) is 0. The highest BCUT2D eigenvalue weighted by atomic mass is 19.1. The first-order valence-corrected chi connectivity index (χ1v) is 2.63. The molecule has 0 fully saturated rings. The van der Waals surface area contributed by atoms with Crippen LogP contribution in [0.4, 0.5) is 4.39 Å². The van der Waals surface area contributed by atoms with Crippen LogP contribution in [0, 0.1) is 6.08 Å². The molecule has 1 aromatic heterocycles. The lowest BCUT2D eigenvalue weighted by atomic mass is 10.4. The zero-order valence-corrected chi connectivity index (χ0v) is 5.32. The largest absolute Gasteiger partial charge is 0.539 e. The second-order valence-electron chi connectivity index (χ2n) is 1.62. The van der Waals surface area contributed by atoms with Crippen LogP contribution in [-0.2, 0) is 4.65 Å². The van der Waals surface area contributed by atoms with E-state index in [1.165, 1.54) is 6.07 Å². The predicted octanol–water partition coefficient (Wildman–Crippen LogP) is -0.144. The van der Waals surface area contributed by atoms with Crippen LogP contribution in [0.2, 0.25) is 0 Å². The van der Waals surface area contributed by atoms with Crippen molar-refractivity contribution in [3.63, 3.8) is 0 Å². The van der Waals surface area contributed by atoms with Gasteiger partial charge in [0.15, 0.2) is 5.69 Å². The van der Waals surface area contributed by atoms with Crippen molar-refractivity contribution in [3.8, 4) is 0 Å². The summed E-state index contributed by atoms with van der Waals surface area (Å²) in [6, 6.07) is 1.19. The van der Waals surface area contributed by atoms with E-state index in [2.05, 4.69) is 22.7 Å². The Kier molecular flexibility index (Phi) is 2.15. The number of rotatable bonds is 1. The SMILES string of the molecule is [B]OC(=O)c1ccnc(F)n1. The first-order valence-electron chi connectivity index (χ1n) is 2.63. The maximum absolute atomic E-state index is 12.2. The monoisotopic (exact) mass is 152 g/mol. The highest BCUT2D eigenvalue weighted by Gasteiger charge is 2.06. The van der Waals surface area contributed by atoms with Crippen molar-refractivity contribution in [1.82, 2.24) is 9.97 Å². The summed E-state index contributed by atoms with van der Waals surface area (Å²) in [4.78, 5) is 16.8. The van der Waals surface area contributed by atoms with Crippen molar-refractivity contribution in [2.45, 2.75) is 0 Å². The Labute approximate surface area is 62.9 Å². The molecule has 6 heteroatoms. The summed E-state index contributed by atoms with van der Waals surface area (Å²) in [5.41, 5.74) is -0.208. The molecule has 0 aliphatic carbocycles. The quantitative estimate of drug-likeness (QED) is 0.414. The third kappa shape index (κ3) is 1.73. The molecule has 11 heavy (non-hydrogen) atoms. The molecule has 0 bridgehead atoms. The van der Waals surface area contributed by atoms with Gasteiger partial charge < -0.3 is 4.65 Å². The number of nitrogens with zero attached hydrogens (tertiary/aromatic N) is 2. The van der Waals surface area contributed by atoms with Crippen LogP contribution in [0.5, 0.6) is 0 Å². The fourth-order valence-electron chi connectivity index (χ4n) is 0.509. The summed E-state index contributed by atoms with van der Waals surface area (Å²) < 4.78 is 16.0. The van der Waals surface area contributed by atoms with E-state index < -0.39 is 12.0 Å². The van der Waals surface area contributed by atoms with E-state index in [1.54, 1.807) is 0 Å². The van der Waals surface area contributed by atoms with E-state index in [4.69, 9.17) is 0 Å². The molecule has 0 N–H and O–H groups in total. The van der Waals surface area contributed by atoms with Gasteiger partial charge in [-0.05, 0) is 6.07 Å². The van der Waals surface area contributed by atoms with Gasteiger partial charge in [0.2, 0.25) is 0 Å². The summed E-state index contributed by atoms with van der Waals surface area (Å²) in [6.07, 6.45) is 0.0992. The predicted molar refractivity (Wildman–Crippen MR) is 33.2 cm³/mol. The van der Waals surface area contributed by atoms with E-state index in [1.807, 2.05) is 0 Å². The Morgan fingerprint density at radius 2 is 2.45 bits per heavy atom. The zero-order valence-electron chi connectivity index (χ0n) is 5.32. The van der Waals surface area contributed by atoms with E-state index in [0.717, 1.165) is 6.20 Å². The lowest BCUT2D eigenvalue weighted by Gasteiger charge is -1.95. The highest BCUT2D eigenvalue weighted by molar-refractivity contribution is 6.08. The molecule has 2 radical (unpaired) electrons. The third-order valence-electron chi connectivity index (χ3n) is 0.942. The lowest BCUT2D eigenvalue weighted by molar-refractivity contribution is 0.0741. The lowest BCUT2D eigenvalue weighted by Crippen LogP contribution is -2.06. The van der Waals surface area contributed by atoms with Crippen LogP contribution in [0.3, 0.4) is 0 Å². The first-order chi connectivity index (χ1) is 5.24. The van der Waals surface area contributed by atoms with Crippen molar-refractivity contribution < 1.29 is 13.8 Å². The van der Waals surface area contributed by atoms with Gasteiger partial charge in [0.05, 0.1) is 0 Å². The number of halogens is 1. The zero-order chi connectivity index (χ0) is 8.27. The Bertz CT molecular complexity index is 281. The summed E-state index contributed by atoms with van der Waals surface area (Å²) in [7, 11) is 4.52. The summed E-state index contributed by atoms with van der Waals surface area (Å²) in [5.74, 6) is -0.897. The van der Waals surface area contributed by atoms with Crippen LogP contribution in [0.25, 0.3) is 0 Å². The molecule has 0 aromatic carbocycles. The molecule has 0 saturated heterocycles. The second-order valence-corrected chi connectivity index (χ2v) is 1.62. The summed E-state index contributed by atoms with van der Waals surface area (Å²) >= 11 is 0. The maximum Gasteiger partial charge on any atom is 0.378 e. The van der Waals surface area contributed by atoms with Gasteiger partial charge in [0.25, 0.3) is 0 Å². The van der Waals surface area contributed by atoms with Crippen molar-refractivity contribution >= 4 is 14.0 Å². The van der Waals surface area contributed by atoms with E-state index in [-0.39, 0.29) is 5.69 Å². The van der Waals surface area contributed by atoms with Gasteiger partial charge in [-0.25, -0.2) is 9.78 Å². The van der Waals surface area contributed by atoms with E-state index in [0.29, 0.717) is 0 Å². The molecule has 0 aliphatic rings. The Morgan fingerprint density at radius 1 is 1.73 bits per heavy atom. The number of carbonyl (C=O) groups is 1. The van der Waals surface area contributed by atoms with Crippen LogP contribution in [0.1, 0.15) is 10.5 Å². The number of hydrogen-bond acceptors (Lipinski definition) is 4. The second kappa shape index (κ2) is 3.09. The molecule has 0 atom stereocenters. The highest BCUT2D eigenvalue weighted by Crippen LogP contribution is 1.95. The molecule has 4 nitrogen and oxygen atoms in total. The van der Waals surface area contributed by atoms with Crippen molar-refractivity contribution in [3.05, 3.63) is 24.0 Å². The summed E-state index contributed by atoms with van der Waals surface area (Å²) in [6.45, 7) is 0. The van der Waals surface area contributed by atoms with Gasteiger partial charge in [0, 0.05) is 6.20 Å². The molecule has 1 rings (SSSR count). The van der Waals surface area contributed by atoms with E-state index >= 15 is 0 Å². The van der Waals surface area contributed by atoms with Crippen molar-refractivity contribution in [1.29, 1.82) is 0 Å². The normalized spacial score (nSPS) is 9.18. The summed E-state index contributed by atoms with van der Waals surface area (Å²) in [5, 5.41) is 0. The fraction of sp³-hybridized carbons (Fsp3) is 0. The average molecular weight is 152 g/mol. The van der Waals surface area contributed by atoms with Gasteiger partial charge in [-0.3, -0.25) is 0 Å². The molecule has 0 amide bonds. The molecular formula is C5H2BFN2O2. The smallest absolute Gasteiger partial charge is 0.378 e. The average Bonchev–Trinajstić information content (AvgIpc) is 2.03.